The lowest BCUT2D eigenvalue weighted by atomic mass is 10.2. The fourth-order valence-electron chi connectivity index (χ4n) is 2.05. The third kappa shape index (κ3) is 6.99. The van der Waals surface area contributed by atoms with Gasteiger partial charge in [0.2, 0.25) is 0 Å². The average Bonchev–Trinajstić information content (AvgIpc) is 2.67. The van der Waals surface area contributed by atoms with Gasteiger partial charge in [0, 0.05) is 16.3 Å². The zero-order chi connectivity index (χ0) is 19.6. The van der Waals surface area contributed by atoms with E-state index in [1.54, 1.807) is 36.4 Å². The molecule has 0 spiro atoms. The Hall–Kier alpha value is -3.06. The van der Waals surface area contributed by atoms with E-state index >= 15 is 0 Å². The van der Waals surface area contributed by atoms with Crippen LogP contribution >= 0.6 is 11.6 Å². The lowest BCUT2D eigenvalue weighted by Gasteiger charge is -2.08. The van der Waals surface area contributed by atoms with Crippen molar-refractivity contribution in [3.05, 3.63) is 59.1 Å². The molecule has 0 unspecified atom stereocenters. The minimum Gasteiger partial charge on any atom is -0.494 e. The van der Waals surface area contributed by atoms with Gasteiger partial charge in [0.1, 0.15) is 12.3 Å². The summed E-state index contributed by atoms with van der Waals surface area (Å²) in [5.41, 5.74) is 0.913. The number of carbonyl (C=O) groups excluding carboxylic acids is 3. The first kappa shape index (κ1) is 20.3. The topological polar surface area (TPSA) is 93.7 Å². The van der Waals surface area contributed by atoms with Crippen molar-refractivity contribution < 1.29 is 23.9 Å². The van der Waals surface area contributed by atoms with Crippen LogP contribution in [0.4, 0.5) is 5.69 Å². The predicted octanol–water partition coefficient (Wildman–Crippen LogP) is 2.65. The first-order chi connectivity index (χ1) is 13.0. The highest BCUT2D eigenvalue weighted by molar-refractivity contribution is 6.30. The molecule has 0 aliphatic rings. The Kier molecular flexibility index (Phi) is 7.63. The van der Waals surface area contributed by atoms with Crippen LogP contribution in [-0.4, -0.2) is 37.5 Å². The summed E-state index contributed by atoms with van der Waals surface area (Å²) in [5, 5.41) is 5.50. The fraction of sp³-hybridized carbons (Fsp3) is 0.211. The number of esters is 1. The van der Waals surface area contributed by atoms with Crippen LogP contribution in [-0.2, 0) is 14.3 Å². The van der Waals surface area contributed by atoms with Crippen molar-refractivity contribution in [3.63, 3.8) is 0 Å². The van der Waals surface area contributed by atoms with E-state index in [0.717, 1.165) is 0 Å². The normalized spacial score (nSPS) is 10.0. The molecular formula is C19H19ClN2O5. The van der Waals surface area contributed by atoms with Gasteiger partial charge in [0.25, 0.3) is 11.8 Å². The van der Waals surface area contributed by atoms with E-state index in [9.17, 15) is 14.4 Å². The minimum absolute atomic E-state index is 0.349. The first-order valence-electron chi connectivity index (χ1n) is 8.20. The van der Waals surface area contributed by atoms with Gasteiger partial charge in [0.15, 0.2) is 6.61 Å². The molecule has 0 bridgehead atoms. The SMILES string of the molecule is CCOc1ccc(NC(=O)COC(=O)CNC(=O)c2ccc(Cl)cc2)cc1. The molecule has 0 aliphatic carbocycles. The van der Waals surface area contributed by atoms with Crippen molar-refractivity contribution in [1.29, 1.82) is 0 Å². The van der Waals surface area contributed by atoms with Gasteiger partial charge in [-0.15, -0.1) is 0 Å². The number of rotatable bonds is 8. The van der Waals surface area contributed by atoms with Gasteiger partial charge in [0.05, 0.1) is 6.61 Å². The van der Waals surface area contributed by atoms with Crippen molar-refractivity contribution in [2.45, 2.75) is 6.92 Å². The van der Waals surface area contributed by atoms with Crippen LogP contribution in [0.3, 0.4) is 0 Å². The molecule has 0 aliphatic heterocycles. The molecule has 0 fully saturated rings. The molecule has 27 heavy (non-hydrogen) atoms. The Morgan fingerprint density at radius 2 is 1.67 bits per heavy atom. The second-order valence-electron chi connectivity index (χ2n) is 5.36. The molecule has 8 heteroatoms. The molecule has 0 saturated heterocycles. The largest absolute Gasteiger partial charge is 0.494 e. The van der Waals surface area contributed by atoms with Crippen molar-refractivity contribution in [2.75, 3.05) is 25.1 Å². The second kappa shape index (κ2) is 10.2. The lowest BCUT2D eigenvalue weighted by Crippen LogP contribution is -2.32. The lowest BCUT2D eigenvalue weighted by molar-refractivity contribution is -0.146. The molecular weight excluding hydrogens is 372 g/mol. The van der Waals surface area contributed by atoms with Crippen LogP contribution in [0, 0.1) is 0 Å². The maximum Gasteiger partial charge on any atom is 0.325 e. The molecule has 0 aromatic heterocycles. The van der Waals surface area contributed by atoms with Gasteiger partial charge in [-0.3, -0.25) is 14.4 Å². The van der Waals surface area contributed by atoms with Gasteiger partial charge < -0.3 is 20.1 Å². The van der Waals surface area contributed by atoms with Crippen LogP contribution in [0.25, 0.3) is 0 Å². The number of anilines is 1. The third-order valence-corrected chi connectivity index (χ3v) is 3.56. The number of ether oxygens (including phenoxy) is 2. The summed E-state index contributed by atoms with van der Waals surface area (Å²) < 4.78 is 10.1. The summed E-state index contributed by atoms with van der Waals surface area (Å²) in [7, 11) is 0. The molecule has 7 nitrogen and oxygen atoms in total. The fourth-order valence-corrected chi connectivity index (χ4v) is 2.18. The minimum atomic E-state index is -0.723. The number of amides is 2. The van der Waals surface area contributed by atoms with E-state index in [4.69, 9.17) is 21.1 Å². The standard InChI is InChI=1S/C19H19ClN2O5/c1-2-26-16-9-7-15(8-10-16)22-17(23)12-27-18(24)11-21-19(25)13-3-5-14(20)6-4-13/h3-10H,2,11-12H2,1H3,(H,21,25)(H,22,23). The van der Waals surface area contributed by atoms with Gasteiger partial charge >= 0.3 is 5.97 Å². The zero-order valence-electron chi connectivity index (χ0n) is 14.7. The molecule has 142 valence electrons. The summed E-state index contributed by atoms with van der Waals surface area (Å²) >= 11 is 5.74. The Labute approximate surface area is 161 Å². The highest BCUT2D eigenvalue weighted by Gasteiger charge is 2.11. The van der Waals surface area contributed by atoms with Crippen molar-refractivity contribution >= 4 is 35.1 Å². The summed E-state index contributed by atoms with van der Waals surface area (Å²) in [6.07, 6.45) is 0. The quantitative estimate of drug-likeness (QED) is 0.676. The number of benzene rings is 2. The molecule has 0 heterocycles. The van der Waals surface area contributed by atoms with Crippen LogP contribution < -0.4 is 15.4 Å². The monoisotopic (exact) mass is 390 g/mol. The molecule has 2 aromatic rings. The van der Waals surface area contributed by atoms with Crippen molar-refractivity contribution in [2.24, 2.45) is 0 Å². The molecule has 2 rings (SSSR count). The number of hydrogen-bond donors (Lipinski definition) is 2. The van der Waals surface area contributed by atoms with E-state index in [2.05, 4.69) is 10.6 Å². The predicted molar refractivity (Wildman–Crippen MR) is 101 cm³/mol. The Bertz CT molecular complexity index is 791. The van der Waals surface area contributed by atoms with Gasteiger partial charge in [-0.2, -0.15) is 0 Å². The maximum absolute atomic E-state index is 11.9. The molecule has 2 N–H and O–H groups in total. The summed E-state index contributed by atoms with van der Waals surface area (Å²) in [4.78, 5) is 35.3. The molecule has 0 atom stereocenters. The summed E-state index contributed by atoms with van der Waals surface area (Å²) in [5.74, 6) is -0.962. The number of hydrogen-bond acceptors (Lipinski definition) is 5. The van der Waals surface area contributed by atoms with E-state index < -0.39 is 24.4 Å². The van der Waals surface area contributed by atoms with Crippen LogP contribution in [0.2, 0.25) is 5.02 Å². The molecule has 0 saturated carbocycles. The van der Waals surface area contributed by atoms with E-state index in [-0.39, 0.29) is 6.54 Å². The zero-order valence-corrected chi connectivity index (χ0v) is 15.4. The van der Waals surface area contributed by atoms with Crippen molar-refractivity contribution in [1.82, 2.24) is 5.32 Å². The Morgan fingerprint density at radius 1 is 1.00 bits per heavy atom. The second-order valence-corrected chi connectivity index (χ2v) is 5.79. The van der Waals surface area contributed by atoms with Crippen LogP contribution in [0.5, 0.6) is 5.75 Å². The highest BCUT2D eigenvalue weighted by Crippen LogP contribution is 2.15. The maximum atomic E-state index is 11.9. The Balaban J connectivity index is 1.70. The molecule has 2 aromatic carbocycles. The summed E-state index contributed by atoms with van der Waals surface area (Å²) in [6.45, 7) is 1.62. The molecule has 0 radical (unpaired) electrons. The number of halogens is 1. The smallest absolute Gasteiger partial charge is 0.325 e. The average molecular weight is 391 g/mol. The number of nitrogens with one attached hydrogen (secondary N) is 2. The van der Waals surface area contributed by atoms with E-state index in [0.29, 0.717) is 28.6 Å². The van der Waals surface area contributed by atoms with Gasteiger partial charge in [-0.1, -0.05) is 11.6 Å². The third-order valence-electron chi connectivity index (χ3n) is 3.31. The number of carbonyl (C=O) groups is 3. The van der Waals surface area contributed by atoms with Crippen LogP contribution in [0.15, 0.2) is 48.5 Å². The summed E-state index contributed by atoms with van der Waals surface area (Å²) in [6, 6.07) is 13.0. The first-order valence-corrected chi connectivity index (χ1v) is 8.58. The van der Waals surface area contributed by atoms with Gasteiger partial charge in [-0.25, -0.2) is 0 Å². The molecule has 2 amide bonds. The van der Waals surface area contributed by atoms with E-state index in [1.807, 2.05) is 6.92 Å². The van der Waals surface area contributed by atoms with Gasteiger partial charge in [-0.05, 0) is 55.5 Å². The van der Waals surface area contributed by atoms with Crippen LogP contribution in [0.1, 0.15) is 17.3 Å². The highest BCUT2D eigenvalue weighted by atomic mass is 35.5. The van der Waals surface area contributed by atoms with Crippen molar-refractivity contribution in [3.8, 4) is 5.75 Å². The van der Waals surface area contributed by atoms with E-state index in [1.165, 1.54) is 12.1 Å². The Morgan fingerprint density at radius 3 is 2.30 bits per heavy atom.